The van der Waals surface area contributed by atoms with Crippen LogP contribution in [0.2, 0.25) is 0 Å². The molecule has 3 rings (SSSR count). The largest absolute Gasteiger partial charge is 0.389 e. The molecule has 1 N–H and O–H groups in total. The van der Waals surface area contributed by atoms with Gasteiger partial charge in [-0.25, -0.2) is 4.39 Å². The van der Waals surface area contributed by atoms with Crippen LogP contribution in [-0.4, -0.2) is 26.4 Å². The molecule has 100 valence electrons. The quantitative estimate of drug-likeness (QED) is 0.891. The van der Waals surface area contributed by atoms with Gasteiger partial charge in [0.2, 0.25) is 0 Å². The smallest absolute Gasteiger partial charge is 0.152 e. The number of hydrogen-bond donors (Lipinski definition) is 1. The van der Waals surface area contributed by atoms with Crippen LogP contribution < -0.4 is 4.90 Å². The van der Waals surface area contributed by atoms with Gasteiger partial charge in [-0.1, -0.05) is 6.07 Å². The van der Waals surface area contributed by atoms with Gasteiger partial charge in [0, 0.05) is 24.3 Å². The molecule has 1 aliphatic rings. The molecule has 0 amide bonds. The molecular formula is C13H15FN4O. The molecule has 1 aromatic heterocycles. The van der Waals surface area contributed by atoms with E-state index in [-0.39, 0.29) is 5.82 Å². The molecule has 0 fully saturated rings. The van der Waals surface area contributed by atoms with E-state index in [9.17, 15) is 9.50 Å². The maximum Gasteiger partial charge on any atom is 0.152 e. The monoisotopic (exact) mass is 262 g/mol. The Morgan fingerprint density at radius 2 is 2.21 bits per heavy atom. The molecule has 6 heteroatoms. The van der Waals surface area contributed by atoms with Crippen LogP contribution in [0.25, 0.3) is 0 Å². The van der Waals surface area contributed by atoms with Crippen LogP contribution in [0.3, 0.4) is 0 Å². The minimum atomic E-state index is -0.837. The lowest BCUT2D eigenvalue weighted by Gasteiger charge is -2.31. The molecule has 0 unspecified atom stereocenters. The van der Waals surface area contributed by atoms with Gasteiger partial charge in [0.25, 0.3) is 0 Å². The second-order valence-corrected chi connectivity index (χ2v) is 4.71. The van der Waals surface area contributed by atoms with Crippen molar-refractivity contribution in [1.29, 1.82) is 0 Å². The molecule has 19 heavy (non-hydrogen) atoms. The van der Waals surface area contributed by atoms with Crippen molar-refractivity contribution in [1.82, 2.24) is 14.8 Å². The van der Waals surface area contributed by atoms with Gasteiger partial charge in [0.05, 0.1) is 12.6 Å². The van der Waals surface area contributed by atoms with E-state index in [0.717, 1.165) is 24.6 Å². The summed E-state index contributed by atoms with van der Waals surface area (Å²) in [5.74, 6) is 0.478. The predicted octanol–water partition coefficient (Wildman–Crippen LogP) is 1.49. The van der Waals surface area contributed by atoms with Gasteiger partial charge in [-0.05, 0) is 19.1 Å². The molecule has 0 spiro atoms. The van der Waals surface area contributed by atoms with Crippen molar-refractivity contribution < 1.29 is 9.50 Å². The Balaban J connectivity index is 1.98. The number of fused-ring (bicyclic) bond motifs is 1. The zero-order valence-corrected chi connectivity index (χ0v) is 10.6. The van der Waals surface area contributed by atoms with Crippen LogP contribution in [0, 0.1) is 5.82 Å². The normalized spacial score (nSPS) is 16.3. The highest BCUT2D eigenvalue weighted by molar-refractivity contribution is 5.55. The van der Waals surface area contributed by atoms with Crippen molar-refractivity contribution in [3.63, 3.8) is 0 Å². The zero-order valence-electron chi connectivity index (χ0n) is 10.6. The summed E-state index contributed by atoms with van der Waals surface area (Å²) in [4.78, 5) is 2.02. The maximum atomic E-state index is 13.9. The van der Waals surface area contributed by atoms with Gasteiger partial charge in [-0.2, -0.15) is 0 Å². The van der Waals surface area contributed by atoms with Gasteiger partial charge in [-0.3, -0.25) is 0 Å². The SMILES string of the molecule is C[C@H](O)c1c(F)cccc1N1CCn2cnnc2C1. The lowest BCUT2D eigenvalue weighted by molar-refractivity contribution is 0.194. The summed E-state index contributed by atoms with van der Waals surface area (Å²) in [5, 5.41) is 17.7. The molecule has 5 nitrogen and oxygen atoms in total. The van der Waals surface area contributed by atoms with Crippen molar-refractivity contribution in [2.75, 3.05) is 11.4 Å². The van der Waals surface area contributed by atoms with E-state index in [2.05, 4.69) is 10.2 Å². The van der Waals surface area contributed by atoms with Crippen LogP contribution in [0.1, 0.15) is 24.4 Å². The van der Waals surface area contributed by atoms with E-state index >= 15 is 0 Å². The second-order valence-electron chi connectivity index (χ2n) is 4.71. The van der Waals surface area contributed by atoms with Crippen LogP contribution in [-0.2, 0) is 13.1 Å². The zero-order chi connectivity index (χ0) is 13.4. The predicted molar refractivity (Wildman–Crippen MR) is 68.1 cm³/mol. The number of benzene rings is 1. The first-order valence-electron chi connectivity index (χ1n) is 6.25. The summed E-state index contributed by atoms with van der Waals surface area (Å²) < 4.78 is 15.9. The molecule has 1 aromatic carbocycles. The first kappa shape index (κ1) is 12.1. The fourth-order valence-corrected chi connectivity index (χ4v) is 2.49. The average molecular weight is 262 g/mol. The highest BCUT2D eigenvalue weighted by Gasteiger charge is 2.22. The molecule has 0 saturated carbocycles. The number of hydrogen-bond acceptors (Lipinski definition) is 4. The molecule has 0 aliphatic carbocycles. The summed E-state index contributed by atoms with van der Waals surface area (Å²) in [6.07, 6.45) is 0.865. The third-order valence-corrected chi connectivity index (χ3v) is 3.43. The van der Waals surface area contributed by atoms with Gasteiger partial charge in [-0.15, -0.1) is 10.2 Å². The van der Waals surface area contributed by atoms with E-state index in [0.29, 0.717) is 12.1 Å². The third-order valence-electron chi connectivity index (χ3n) is 3.43. The van der Waals surface area contributed by atoms with E-state index in [1.807, 2.05) is 15.5 Å². The van der Waals surface area contributed by atoms with E-state index in [4.69, 9.17) is 0 Å². The van der Waals surface area contributed by atoms with Gasteiger partial charge in [0.15, 0.2) is 5.82 Å². The van der Waals surface area contributed by atoms with Crippen molar-refractivity contribution >= 4 is 5.69 Å². The van der Waals surface area contributed by atoms with E-state index < -0.39 is 6.10 Å². The number of aliphatic hydroxyl groups excluding tert-OH is 1. The first-order valence-corrected chi connectivity index (χ1v) is 6.25. The minimum Gasteiger partial charge on any atom is -0.389 e. The summed E-state index contributed by atoms with van der Waals surface area (Å²) >= 11 is 0. The number of aromatic nitrogens is 3. The Morgan fingerprint density at radius 1 is 1.37 bits per heavy atom. The molecular weight excluding hydrogens is 247 g/mol. The molecule has 1 atom stereocenters. The van der Waals surface area contributed by atoms with Crippen LogP contribution in [0.4, 0.5) is 10.1 Å². The summed E-state index contributed by atoms with van der Waals surface area (Å²) in [6, 6.07) is 4.87. The Morgan fingerprint density at radius 3 is 3.00 bits per heavy atom. The Kier molecular flexibility index (Phi) is 2.94. The average Bonchev–Trinajstić information content (AvgIpc) is 2.85. The lowest BCUT2D eigenvalue weighted by Crippen LogP contribution is -2.34. The number of nitrogens with zero attached hydrogens (tertiary/aromatic N) is 4. The maximum absolute atomic E-state index is 13.9. The third kappa shape index (κ3) is 2.08. The molecule has 0 radical (unpaired) electrons. The van der Waals surface area contributed by atoms with E-state index in [1.54, 1.807) is 19.3 Å². The Hall–Kier alpha value is -1.95. The molecule has 0 saturated heterocycles. The summed E-state index contributed by atoms with van der Waals surface area (Å²) in [6.45, 7) is 3.66. The van der Waals surface area contributed by atoms with Gasteiger partial charge >= 0.3 is 0 Å². The van der Waals surface area contributed by atoms with Crippen molar-refractivity contribution in [3.05, 3.63) is 41.7 Å². The number of rotatable bonds is 2. The second kappa shape index (κ2) is 4.62. The summed E-state index contributed by atoms with van der Waals surface area (Å²) in [7, 11) is 0. The van der Waals surface area contributed by atoms with Gasteiger partial charge < -0.3 is 14.6 Å². The van der Waals surface area contributed by atoms with Gasteiger partial charge in [0.1, 0.15) is 12.1 Å². The van der Waals surface area contributed by atoms with Crippen molar-refractivity contribution in [3.8, 4) is 0 Å². The fraction of sp³-hybridized carbons (Fsp3) is 0.385. The topological polar surface area (TPSA) is 54.2 Å². The first-order chi connectivity index (χ1) is 9.16. The number of anilines is 1. The molecule has 2 heterocycles. The van der Waals surface area contributed by atoms with Crippen molar-refractivity contribution in [2.45, 2.75) is 26.1 Å². The van der Waals surface area contributed by atoms with Crippen molar-refractivity contribution in [2.24, 2.45) is 0 Å². The fourth-order valence-electron chi connectivity index (χ4n) is 2.49. The lowest BCUT2D eigenvalue weighted by atomic mass is 10.1. The highest BCUT2D eigenvalue weighted by Crippen LogP contribution is 2.30. The molecule has 1 aliphatic heterocycles. The molecule has 2 aromatic rings. The highest BCUT2D eigenvalue weighted by atomic mass is 19.1. The minimum absolute atomic E-state index is 0.343. The van der Waals surface area contributed by atoms with Crippen LogP contribution >= 0.6 is 0 Å². The van der Waals surface area contributed by atoms with Crippen LogP contribution in [0.15, 0.2) is 24.5 Å². The standard InChI is InChI=1S/C13H15FN4O/c1-9(19)13-10(14)3-2-4-11(13)17-5-6-18-8-15-16-12(18)7-17/h2-4,8-9,19H,5-7H2,1H3/t9-/m0/s1. The Labute approximate surface area is 110 Å². The molecule has 0 bridgehead atoms. The van der Waals surface area contributed by atoms with E-state index in [1.165, 1.54) is 6.07 Å². The number of aliphatic hydroxyl groups is 1. The Bertz CT molecular complexity index is 596. The van der Waals surface area contributed by atoms with Crippen LogP contribution in [0.5, 0.6) is 0 Å². The summed E-state index contributed by atoms with van der Waals surface area (Å²) in [5.41, 5.74) is 1.07. The number of halogens is 1.